The second-order valence-electron chi connectivity index (χ2n) is 6.43. The fourth-order valence-electron chi connectivity index (χ4n) is 3.05. The van der Waals surface area contributed by atoms with Gasteiger partial charge in [-0.3, -0.25) is 4.57 Å². The summed E-state index contributed by atoms with van der Waals surface area (Å²) in [6, 6.07) is 9.84. The quantitative estimate of drug-likeness (QED) is 0.530. The molecule has 1 atom stereocenters. The highest BCUT2D eigenvalue weighted by Crippen LogP contribution is 2.26. The van der Waals surface area contributed by atoms with Crippen LogP contribution in [0.2, 0.25) is 0 Å². The number of aromatic nitrogens is 5. The van der Waals surface area contributed by atoms with Crippen LogP contribution in [0.3, 0.4) is 0 Å². The Bertz CT molecular complexity index is 1250. The number of halogens is 1. The Labute approximate surface area is 159 Å². The van der Waals surface area contributed by atoms with Gasteiger partial charge in [0.1, 0.15) is 24.0 Å². The molecule has 0 aliphatic rings. The number of hydrogen-bond acceptors (Lipinski definition) is 6. The van der Waals surface area contributed by atoms with Crippen molar-refractivity contribution in [3.05, 3.63) is 59.4 Å². The van der Waals surface area contributed by atoms with Crippen molar-refractivity contribution in [2.75, 3.05) is 5.73 Å². The number of rotatable bonds is 3. The number of aliphatic hydroxyl groups is 1. The van der Waals surface area contributed by atoms with Crippen LogP contribution in [0.4, 0.5) is 10.1 Å². The van der Waals surface area contributed by atoms with Gasteiger partial charge in [0, 0.05) is 17.3 Å². The largest absolute Gasteiger partial charge is 0.396 e. The Morgan fingerprint density at radius 2 is 2.07 bits per heavy atom. The predicted octanol–water partition coefficient (Wildman–Crippen LogP) is 2.56. The molecule has 0 spiro atoms. The van der Waals surface area contributed by atoms with Crippen molar-refractivity contribution < 1.29 is 9.50 Å². The van der Waals surface area contributed by atoms with Gasteiger partial charge in [-0.2, -0.15) is 10.4 Å². The summed E-state index contributed by atoms with van der Waals surface area (Å²) in [4.78, 5) is 8.84. The van der Waals surface area contributed by atoms with Crippen molar-refractivity contribution in [1.29, 1.82) is 5.26 Å². The van der Waals surface area contributed by atoms with Crippen LogP contribution in [0.5, 0.6) is 0 Å². The summed E-state index contributed by atoms with van der Waals surface area (Å²) in [6.45, 7) is 3.42. The highest BCUT2D eigenvalue weighted by Gasteiger charge is 2.18. The molecule has 3 heterocycles. The summed E-state index contributed by atoms with van der Waals surface area (Å²) in [5.74, 6) is 0.344. The SMILES string of the molecule is Cc1cc(C#N)nn1-c1nc(-n2cnc3cc(F)c(N)cc32)ccc1C(C)O. The summed E-state index contributed by atoms with van der Waals surface area (Å²) in [6.07, 6.45) is 0.726. The number of aryl methyl sites for hydroxylation is 1. The lowest BCUT2D eigenvalue weighted by atomic mass is 10.1. The normalized spacial score (nSPS) is 12.2. The molecule has 28 heavy (non-hydrogen) atoms. The third-order valence-electron chi connectivity index (χ3n) is 4.46. The van der Waals surface area contributed by atoms with E-state index in [1.165, 1.54) is 23.1 Å². The number of nitrogen functional groups attached to an aromatic ring is 1. The highest BCUT2D eigenvalue weighted by molar-refractivity contribution is 5.80. The molecule has 0 saturated heterocycles. The zero-order valence-electron chi connectivity index (χ0n) is 15.1. The molecular weight excluding hydrogens is 361 g/mol. The van der Waals surface area contributed by atoms with Gasteiger partial charge in [-0.1, -0.05) is 0 Å². The van der Waals surface area contributed by atoms with Crippen LogP contribution in [-0.4, -0.2) is 29.4 Å². The predicted molar refractivity (Wildman–Crippen MR) is 100 cm³/mol. The third kappa shape index (κ3) is 2.76. The van der Waals surface area contributed by atoms with E-state index in [2.05, 4.69) is 15.1 Å². The standard InChI is InChI=1S/C19H16FN7O/c1-10-5-12(8-21)25-27(10)19-13(11(2)28)3-4-18(24-19)26-9-23-16-6-14(20)15(22)7-17(16)26/h3-7,9,11,28H,22H2,1-2H3. The van der Waals surface area contributed by atoms with E-state index in [-0.39, 0.29) is 11.4 Å². The minimum atomic E-state index is -0.796. The van der Waals surface area contributed by atoms with Crippen LogP contribution in [0, 0.1) is 24.1 Å². The molecule has 0 radical (unpaired) electrons. The van der Waals surface area contributed by atoms with Gasteiger partial charge >= 0.3 is 0 Å². The summed E-state index contributed by atoms with van der Waals surface area (Å²) >= 11 is 0. The number of anilines is 1. The molecule has 0 aliphatic carbocycles. The zero-order chi connectivity index (χ0) is 20.0. The minimum absolute atomic E-state index is 0.0108. The van der Waals surface area contributed by atoms with E-state index in [4.69, 9.17) is 11.0 Å². The Kier molecular flexibility index (Phi) is 4.05. The Balaban J connectivity index is 1.94. The van der Waals surface area contributed by atoms with Crippen LogP contribution in [0.25, 0.3) is 22.7 Å². The maximum atomic E-state index is 13.7. The number of nitrogens with two attached hydrogens (primary N) is 1. The van der Waals surface area contributed by atoms with E-state index in [1.54, 1.807) is 36.6 Å². The van der Waals surface area contributed by atoms with Crippen molar-refractivity contribution >= 4 is 16.7 Å². The molecule has 9 heteroatoms. The van der Waals surface area contributed by atoms with Gasteiger partial charge in [0.15, 0.2) is 11.5 Å². The molecule has 0 amide bonds. The van der Waals surface area contributed by atoms with Gasteiger partial charge in [0.25, 0.3) is 0 Å². The lowest BCUT2D eigenvalue weighted by Crippen LogP contribution is -2.11. The van der Waals surface area contributed by atoms with Crippen LogP contribution in [-0.2, 0) is 0 Å². The number of nitrogens with zero attached hydrogens (tertiary/aromatic N) is 6. The average molecular weight is 377 g/mol. The van der Waals surface area contributed by atoms with Gasteiger partial charge in [-0.25, -0.2) is 19.0 Å². The molecule has 0 fully saturated rings. The number of hydrogen-bond donors (Lipinski definition) is 2. The van der Waals surface area contributed by atoms with Crippen LogP contribution < -0.4 is 5.73 Å². The Morgan fingerprint density at radius 3 is 2.75 bits per heavy atom. The summed E-state index contributed by atoms with van der Waals surface area (Å²) in [5, 5.41) is 23.5. The molecule has 1 aromatic carbocycles. The molecule has 0 saturated carbocycles. The zero-order valence-corrected chi connectivity index (χ0v) is 15.1. The van der Waals surface area contributed by atoms with Crippen molar-refractivity contribution in [1.82, 2.24) is 24.3 Å². The van der Waals surface area contributed by atoms with Gasteiger partial charge in [0.05, 0.1) is 22.8 Å². The van der Waals surface area contributed by atoms with E-state index in [9.17, 15) is 9.50 Å². The van der Waals surface area contributed by atoms with Crippen molar-refractivity contribution in [3.8, 4) is 17.7 Å². The van der Waals surface area contributed by atoms with Gasteiger partial charge in [0.2, 0.25) is 0 Å². The molecule has 3 aromatic heterocycles. The second-order valence-corrected chi connectivity index (χ2v) is 6.43. The number of pyridine rings is 1. The Hall–Kier alpha value is -3.77. The minimum Gasteiger partial charge on any atom is -0.396 e. The molecule has 0 bridgehead atoms. The summed E-state index contributed by atoms with van der Waals surface area (Å²) in [5.41, 5.74) is 8.24. The Morgan fingerprint density at radius 1 is 1.29 bits per heavy atom. The number of imidazole rings is 1. The van der Waals surface area contributed by atoms with Gasteiger partial charge in [-0.15, -0.1) is 0 Å². The molecule has 4 rings (SSSR count). The van der Waals surface area contributed by atoms with Crippen LogP contribution in [0.1, 0.15) is 30.0 Å². The molecule has 1 unspecified atom stereocenters. The van der Waals surface area contributed by atoms with Crippen molar-refractivity contribution in [2.24, 2.45) is 0 Å². The van der Waals surface area contributed by atoms with Crippen LogP contribution in [0.15, 0.2) is 36.7 Å². The van der Waals surface area contributed by atoms with E-state index in [1.807, 2.05) is 6.07 Å². The number of fused-ring (bicyclic) bond motifs is 1. The monoisotopic (exact) mass is 377 g/mol. The topological polar surface area (TPSA) is 119 Å². The first kappa shape index (κ1) is 17.6. The highest BCUT2D eigenvalue weighted by atomic mass is 19.1. The lowest BCUT2D eigenvalue weighted by Gasteiger charge is -2.14. The molecular formula is C19H16FN7O. The van der Waals surface area contributed by atoms with E-state index in [0.29, 0.717) is 33.9 Å². The van der Waals surface area contributed by atoms with Gasteiger partial charge in [-0.05, 0) is 38.1 Å². The van der Waals surface area contributed by atoms with E-state index < -0.39 is 11.9 Å². The van der Waals surface area contributed by atoms with E-state index >= 15 is 0 Å². The lowest BCUT2D eigenvalue weighted by molar-refractivity contribution is 0.198. The molecule has 4 aromatic rings. The van der Waals surface area contributed by atoms with Gasteiger partial charge < -0.3 is 10.8 Å². The molecule has 3 N–H and O–H groups in total. The van der Waals surface area contributed by atoms with E-state index in [0.717, 1.165) is 0 Å². The second kappa shape index (κ2) is 6.44. The molecule has 140 valence electrons. The fourth-order valence-corrected chi connectivity index (χ4v) is 3.05. The first-order valence-electron chi connectivity index (χ1n) is 8.47. The summed E-state index contributed by atoms with van der Waals surface area (Å²) in [7, 11) is 0. The van der Waals surface area contributed by atoms with Crippen molar-refractivity contribution in [2.45, 2.75) is 20.0 Å². The number of benzene rings is 1. The third-order valence-corrected chi connectivity index (χ3v) is 4.46. The number of nitriles is 1. The molecule has 8 nitrogen and oxygen atoms in total. The van der Waals surface area contributed by atoms with Crippen LogP contribution >= 0.6 is 0 Å². The maximum absolute atomic E-state index is 13.7. The summed E-state index contributed by atoms with van der Waals surface area (Å²) < 4.78 is 16.9. The number of aliphatic hydroxyl groups excluding tert-OH is 1. The fraction of sp³-hybridized carbons (Fsp3) is 0.158. The smallest absolute Gasteiger partial charge is 0.163 e. The molecule has 0 aliphatic heterocycles. The first-order chi connectivity index (χ1) is 13.4. The average Bonchev–Trinajstić information content (AvgIpc) is 3.24. The first-order valence-corrected chi connectivity index (χ1v) is 8.47. The maximum Gasteiger partial charge on any atom is 0.163 e. The van der Waals surface area contributed by atoms with Crippen molar-refractivity contribution in [3.63, 3.8) is 0 Å².